The highest BCUT2D eigenvalue weighted by molar-refractivity contribution is 7.14. The molecule has 1 fully saturated rings. The van der Waals surface area contributed by atoms with Crippen LogP contribution >= 0.6 is 11.3 Å². The molecule has 0 radical (unpaired) electrons. The van der Waals surface area contributed by atoms with Crippen LogP contribution in [0.25, 0.3) is 0 Å². The normalized spacial score (nSPS) is 21.7. The van der Waals surface area contributed by atoms with E-state index in [1.807, 2.05) is 6.07 Å². The van der Waals surface area contributed by atoms with E-state index in [0.29, 0.717) is 6.54 Å². The zero-order valence-corrected chi connectivity index (χ0v) is 11.5. The Balaban J connectivity index is 1.76. The summed E-state index contributed by atoms with van der Waals surface area (Å²) in [6.45, 7) is 0.694. The van der Waals surface area contributed by atoms with Crippen molar-refractivity contribution in [2.24, 2.45) is 0 Å². The lowest BCUT2D eigenvalue weighted by Gasteiger charge is -2.22. The number of rotatable bonds is 3. The number of nitrogens with zero attached hydrogens (tertiary/aromatic N) is 1. The molecule has 4 nitrogen and oxygen atoms in total. The second-order valence-electron chi connectivity index (χ2n) is 5.31. The molecule has 1 aliphatic carbocycles. The standard InChI is InChI=1S/C14H17NO3S/c16-13(17)8-10-4-2-6-15(10)14(18)12-7-9-3-1-5-11(9)19-12/h7,10H,1-6,8H2,(H,16,17)/t10-/m1/s1. The molecule has 3 rings (SSSR count). The van der Waals surface area contributed by atoms with Crippen LogP contribution in [0.2, 0.25) is 0 Å². The third kappa shape index (κ3) is 2.39. The molecule has 1 amide bonds. The van der Waals surface area contributed by atoms with Crippen molar-refractivity contribution in [1.29, 1.82) is 0 Å². The molecule has 2 aliphatic rings. The van der Waals surface area contributed by atoms with E-state index in [1.165, 1.54) is 16.9 Å². The maximum absolute atomic E-state index is 12.5. The van der Waals surface area contributed by atoms with E-state index in [9.17, 15) is 9.59 Å². The molecule has 1 aromatic rings. The van der Waals surface area contributed by atoms with Gasteiger partial charge >= 0.3 is 5.97 Å². The van der Waals surface area contributed by atoms with Gasteiger partial charge in [0.1, 0.15) is 0 Å². The van der Waals surface area contributed by atoms with E-state index in [1.54, 1.807) is 16.2 Å². The number of aliphatic carboxylic acids is 1. The number of fused-ring (bicyclic) bond motifs is 1. The molecule has 0 bridgehead atoms. The fourth-order valence-electron chi connectivity index (χ4n) is 3.09. The number of carboxylic acids is 1. The highest BCUT2D eigenvalue weighted by Crippen LogP contribution is 2.32. The highest BCUT2D eigenvalue weighted by Gasteiger charge is 2.32. The van der Waals surface area contributed by atoms with Crippen LogP contribution in [-0.2, 0) is 17.6 Å². The van der Waals surface area contributed by atoms with E-state index >= 15 is 0 Å². The lowest BCUT2D eigenvalue weighted by Crippen LogP contribution is -2.36. The largest absolute Gasteiger partial charge is 0.481 e. The van der Waals surface area contributed by atoms with Gasteiger partial charge in [0.05, 0.1) is 11.3 Å². The first-order valence-corrected chi connectivity index (χ1v) is 7.61. The fourth-order valence-corrected chi connectivity index (χ4v) is 4.30. The Labute approximate surface area is 116 Å². The van der Waals surface area contributed by atoms with Crippen molar-refractivity contribution in [3.05, 3.63) is 21.4 Å². The molecule has 1 aliphatic heterocycles. The van der Waals surface area contributed by atoms with Gasteiger partial charge in [-0.15, -0.1) is 11.3 Å². The summed E-state index contributed by atoms with van der Waals surface area (Å²) in [7, 11) is 0. The molecule has 0 spiro atoms. The Morgan fingerprint density at radius 3 is 2.95 bits per heavy atom. The van der Waals surface area contributed by atoms with Gasteiger partial charge in [0.25, 0.3) is 5.91 Å². The molecular formula is C14H17NO3S. The Hall–Kier alpha value is -1.36. The summed E-state index contributed by atoms with van der Waals surface area (Å²) in [5.74, 6) is -0.790. The average molecular weight is 279 g/mol. The molecular weight excluding hydrogens is 262 g/mol. The van der Waals surface area contributed by atoms with Gasteiger partial charge in [-0.25, -0.2) is 0 Å². The predicted molar refractivity (Wildman–Crippen MR) is 72.7 cm³/mol. The number of carbonyl (C=O) groups is 2. The molecule has 0 aromatic carbocycles. The molecule has 5 heteroatoms. The van der Waals surface area contributed by atoms with Crippen LogP contribution in [0.3, 0.4) is 0 Å². The average Bonchev–Trinajstić information content (AvgIpc) is 2.99. The number of aryl methyl sites for hydroxylation is 2. The number of hydrogen-bond donors (Lipinski definition) is 1. The van der Waals surface area contributed by atoms with Gasteiger partial charge in [-0.05, 0) is 43.7 Å². The summed E-state index contributed by atoms with van der Waals surface area (Å²) in [6.07, 6.45) is 5.15. The molecule has 1 aromatic heterocycles. The van der Waals surface area contributed by atoms with Crippen molar-refractivity contribution in [3.63, 3.8) is 0 Å². The van der Waals surface area contributed by atoms with Crippen LogP contribution in [0.5, 0.6) is 0 Å². The summed E-state index contributed by atoms with van der Waals surface area (Å²) < 4.78 is 0. The Kier molecular flexibility index (Phi) is 3.31. The van der Waals surface area contributed by atoms with Gasteiger partial charge in [-0.1, -0.05) is 0 Å². The number of likely N-dealkylation sites (tertiary alicyclic amines) is 1. The third-order valence-corrected chi connectivity index (χ3v) is 5.23. The van der Waals surface area contributed by atoms with Crippen molar-refractivity contribution in [2.45, 2.75) is 44.6 Å². The van der Waals surface area contributed by atoms with E-state index in [-0.39, 0.29) is 18.4 Å². The number of thiophene rings is 1. The molecule has 19 heavy (non-hydrogen) atoms. The molecule has 102 valence electrons. The SMILES string of the molecule is O=C(O)C[C@H]1CCCN1C(=O)c1cc2c(s1)CCC2. The van der Waals surface area contributed by atoms with Crippen LogP contribution in [0.15, 0.2) is 6.07 Å². The summed E-state index contributed by atoms with van der Waals surface area (Å²) in [4.78, 5) is 27.2. The van der Waals surface area contributed by atoms with Crippen molar-refractivity contribution in [1.82, 2.24) is 4.90 Å². The van der Waals surface area contributed by atoms with Crippen LogP contribution in [-0.4, -0.2) is 34.5 Å². The highest BCUT2D eigenvalue weighted by atomic mass is 32.1. The Morgan fingerprint density at radius 2 is 2.21 bits per heavy atom. The first kappa shape index (κ1) is 12.7. The summed E-state index contributed by atoms with van der Waals surface area (Å²) >= 11 is 1.60. The second-order valence-corrected chi connectivity index (χ2v) is 6.44. The molecule has 2 heterocycles. The molecule has 0 saturated carbocycles. The number of carboxylic acid groups (broad SMARTS) is 1. The number of carbonyl (C=O) groups excluding carboxylic acids is 1. The molecule has 1 atom stereocenters. The minimum atomic E-state index is -0.821. The zero-order valence-electron chi connectivity index (χ0n) is 10.7. The van der Waals surface area contributed by atoms with Gasteiger partial charge in [0.15, 0.2) is 0 Å². The summed E-state index contributed by atoms with van der Waals surface area (Å²) in [6, 6.07) is 1.90. The maximum atomic E-state index is 12.5. The first-order chi connectivity index (χ1) is 9.15. The molecule has 0 unspecified atom stereocenters. The molecule has 1 N–H and O–H groups in total. The Bertz CT molecular complexity index is 501. The quantitative estimate of drug-likeness (QED) is 0.923. The van der Waals surface area contributed by atoms with Gasteiger partial charge < -0.3 is 10.0 Å². The predicted octanol–water partition coefficient (Wildman–Crippen LogP) is 2.32. The van der Waals surface area contributed by atoms with Crippen molar-refractivity contribution >= 4 is 23.2 Å². The lowest BCUT2D eigenvalue weighted by molar-refractivity contribution is -0.137. The summed E-state index contributed by atoms with van der Waals surface area (Å²) in [5, 5.41) is 8.90. The number of amides is 1. The van der Waals surface area contributed by atoms with E-state index in [0.717, 1.165) is 30.6 Å². The minimum Gasteiger partial charge on any atom is -0.481 e. The van der Waals surface area contributed by atoms with Gasteiger partial charge in [0, 0.05) is 17.5 Å². The first-order valence-electron chi connectivity index (χ1n) is 6.79. The van der Waals surface area contributed by atoms with E-state index in [2.05, 4.69) is 0 Å². The van der Waals surface area contributed by atoms with Crippen LogP contribution in [0.4, 0.5) is 0 Å². The van der Waals surface area contributed by atoms with Crippen LogP contribution < -0.4 is 0 Å². The lowest BCUT2D eigenvalue weighted by atomic mass is 10.1. The van der Waals surface area contributed by atoms with Crippen molar-refractivity contribution in [2.75, 3.05) is 6.54 Å². The van der Waals surface area contributed by atoms with Gasteiger partial charge in [-0.3, -0.25) is 9.59 Å². The minimum absolute atomic E-state index is 0.0307. The van der Waals surface area contributed by atoms with Crippen LogP contribution in [0, 0.1) is 0 Å². The topological polar surface area (TPSA) is 57.6 Å². The number of hydrogen-bond acceptors (Lipinski definition) is 3. The maximum Gasteiger partial charge on any atom is 0.305 e. The zero-order chi connectivity index (χ0) is 13.4. The van der Waals surface area contributed by atoms with E-state index < -0.39 is 5.97 Å². The third-order valence-electron chi connectivity index (χ3n) is 4.01. The molecule has 1 saturated heterocycles. The van der Waals surface area contributed by atoms with Crippen LogP contribution in [0.1, 0.15) is 45.8 Å². The van der Waals surface area contributed by atoms with E-state index in [4.69, 9.17) is 5.11 Å². The fraction of sp³-hybridized carbons (Fsp3) is 0.571. The van der Waals surface area contributed by atoms with Gasteiger partial charge in [-0.2, -0.15) is 0 Å². The smallest absolute Gasteiger partial charge is 0.305 e. The van der Waals surface area contributed by atoms with Crippen molar-refractivity contribution < 1.29 is 14.7 Å². The van der Waals surface area contributed by atoms with Gasteiger partial charge in [0.2, 0.25) is 0 Å². The monoisotopic (exact) mass is 279 g/mol. The van der Waals surface area contributed by atoms with Crippen molar-refractivity contribution in [3.8, 4) is 0 Å². The Morgan fingerprint density at radius 1 is 1.37 bits per heavy atom. The second kappa shape index (κ2) is 4.96. The summed E-state index contributed by atoms with van der Waals surface area (Å²) in [5.41, 5.74) is 1.32.